The minimum Gasteiger partial charge on any atom is -0.394 e. The van der Waals surface area contributed by atoms with Crippen LogP contribution in [0.3, 0.4) is 0 Å². The van der Waals surface area contributed by atoms with Gasteiger partial charge in [0.05, 0.1) is 18.8 Å². The SMILES string of the molecule is CC[C@@H](C)[C@@H](CO)NC(=O)c1cnn(C)c1-n1cccc1. The van der Waals surface area contributed by atoms with Crippen LogP contribution in [0.15, 0.2) is 30.7 Å². The molecule has 2 N–H and O–H groups in total. The number of aryl methyl sites for hydroxylation is 1. The van der Waals surface area contributed by atoms with Gasteiger partial charge < -0.3 is 15.0 Å². The third-order valence-corrected chi connectivity index (χ3v) is 3.85. The molecule has 0 aliphatic rings. The van der Waals surface area contributed by atoms with Crippen LogP contribution < -0.4 is 5.32 Å². The van der Waals surface area contributed by atoms with Gasteiger partial charge in [-0.05, 0) is 18.1 Å². The van der Waals surface area contributed by atoms with Gasteiger partial charge >= 0.3 is 0 Å². The van der Waals surface area contributed by atoms with E-state index < -0.39 is 0 Å². The van der Waals surface area contributed by atoms with E-state index in [4.69, 9.17) is 0 Å². The van der Waals surface area contributed by atoms with Gasteiger partial charge in [0.25, 0.3) is 5.91 Å². The molecule has 0 aliphatic heterocycles. The van der Waals surface area contributed by atoms with Crippen LogP contribution in [0.2, 0.25) is 0 Å². The van der Waals surface area contributed by atoms with Crippen molar-refractivity contribution in [1.82, 2.24) is 19.7 Å². The van der Waals surface area contributed by atoms with Gasteiger partial charge in [-0.15, -0.1) is 0 Å². The number of carbonyl (C=O) groups is 1. The first-order chi connectivity index (χ1) is 10.1. The van der Waals surface area contributed by atoms with Crippen molar-refractivity contribution >= 4 is 5.91 Å². The van der Waals surface area contributed by atoms with E-state index in [1.54, 1.807) is 17.9 Å². The van der Waals surface area contributed by atoms with Crippen LogP contribution in [0.5, 0.6) is 0 Å². The van der Waals surface area contributed by atoms with E-state index in [1.165, 1.54) is 0 Å². The number of hydrogen-bond acceptors (Lipinski definition) is 3. The van der Waals surface area contributed by atoms with Gasteiger partial charge in [0, 0.05) is 19.4 Å². The smallest absolute Gasteiger partial charge is 0.257 e. The van der Waals surface area contributed by atoms with Gasteiger partial charge in [0.15, 0.2) is 0 Å². The summed E-state index contributed by atoms with van der Waals surface area (Å²) in [7, 11) is 1.80. The fourth-order valence-electron chi connectivity index (χ4n) is 2.27. The molecular formula is C15H22N4O2. The predicted octanol–water partition coefficient (Wildman–Crippen LogP) is 1.35. The standard InChI is InChI=1S/C15H22N4O2/c1-4-11(2)13(10-20)17-14(21)12-9-16-18(3)15(12)19-7-5-6-8-19/h5-9,11,13,20H,4,10H2,1-3H3,(H,17,21)/t11-,13-/m1/s1. The molecule has 2 rings (SSSR count). The highest BCUT2D eigenvalue weighted by atomic mass is 16.3. The number of hydrogen-bond donors (Lipinski definition) is 2. The van der Waals surface area contributed by atoms with Gasteiger partial charge in [-0.3, -0.25) is 9.48 Å². The maximum atomic E-state index is 12.5. The van der Waals surface area contributed by atoms with E-state index in [0.29, 0.717) is 11.4 Å². The van der Waals surface area contributed by atoms with Gasteiger partial charge in [-0.2, -0.15) is 5.10 Å². The number of aliphatic hydroxyl groups excluding tert-OH is 1. The van der Waals surface area contributed by atoms with E-state index in [1.807, 2.05) is 42.9 Å². The van der Waals surface area contributed by atoms with Crippen molar-refractivity contribution < 1.29 is 9.90 Å². The largest absolute Gasteiger partial charge is 0.394 e. The highest BCUT2D eigenvalue weighted by molar-refractivity contribution is 5.97. The number of carbonyl (C=O) groups excluding carboxylic acids is 1. The molecule has 21 heavy (non-hydrogen) atoms. The Labute approximate surface area is 124 Å². The molecule has 2 aromatic rings. The van der Waals surface area contributed by atoms with Gasteiger partial charge in [0.1, 0.15) is 11.4 Å². The summed E-state index contributed by atoms with van der Waals surface area (Å²) in [5.74, 6) is 0.704. The predicted molar refractivity (Wildman–Crippen MR) is 80.3 cm³/mol. The molecular weight excluding hydrogens is 268 g/mol. The second-order valence-corrected chi connectivity index (χ2v) is 5.24. The Kier molecular flexibility index (Phi) is 4.80. The summed E-state index contributed by atoms with van der Waals surface area (Å²) >= 11 is 0. The van der Waals surface area contributed by atoms with E-state index in [2.05, 4.69) is 10.4 Å². The fraction of sp³-hybridized carbons (Fsp3) is 0.467. The zero-order chi connectivity index (χ0) is 15.4. The summed E-state index contributed by atoms with van der Waals surface area (Å²) in [6.07, 6.45) is 6.18. The van der Waals surface area contributed by atoms with Gasteiger partial charge in [0.2, 0.25) is 0 Å². The van der Waals surface area contributed by atoms with E-state index in [0.717, 1.165) is 6.42 Å². The minimum atomic E-state index is -0.250. The van der Waals surface area contributed by atoms with Gasteiger partial charge in [-0.1, -0.05) is 20.3 Å². The lowest BCUT2D eigenvalue weighted by Crippen LogP contribution is -2.42. The number of nitrogens with zero attached hydrogens (tertiary/aromatic N) is 3. The maximum absolute atomic E-state index is 12.5. The van der Waals surface area contributed by atoms with E-state index >= 15 is 0 Å². The second kappa shape index (κ2) is 6.58. The third kappa shape index (κ3) is 3.16. The molecule has 0 bridgehead atoms. The van der Waals surface area contributed by atoms with Crippen molar-refractivity contribution in [2.45, 2.75) is 26.3 Å². The Bertz CT molecular complexity index is 589. The van der Waals surface area contributed by atoms with Crippen LogP contribution in [-0.4, -0.2) is 38.0 Å². The van der Waals surface area contributed by atoms with Gasteiger partial charge in [-0.25, -0.2) is 0 Å². The average molecular weight is 290 g/mol. The van der Waals surface area contributed by atoms with E-state index in [-0.39, 0.29) is 24.5 Å². The average Bonchev–Trinajstić information content (AvgIpc) is 3.12. The van der Waals surface area contributed by atoms with Crippen molar-refractivity contribution in [3.8, 4) is 5.82 Å². The first kappa shape index (κ1) is 15.3. The monoisotopic (exact) mass is 290 g/mol. The molecule has 0 aliphatic carbocycles. The number of amides is 1. The van der Waals surface area contributed by atoms with Crippen molar-refractivity contribution in [3.63, 3.8) is 0 Å². The molecule has 2 heterocycles. The molecule has 1 amide bonds. The Morgan fingerprint density at radius 2 is 2.10 bits per heavy atom. The van der Waals surface area contributed by atoms with Crippen molar-refractivity contribution in [2.75, 3.05) is 6.61 Å². The first-order valence-corrected chi connectivity index (χ1v) is 7.15. The second-order valence-electron chi connectivity index (χ2n) is 5.24. The molecule has 0 spiro atoms. The number of aliphatic hydroxyl groups is 1. The summed E-state index contributed by atoms with van der Waals surface area (Å²) in [5, 5.41) is 16.5. The summed E-state index contributed by atoms with van der Waals surface area (Å²) in [4.78, 5) is 12.5. The third-order valence-electron chi connectivity index (χ3n) is 3.85. The molecule has 2 aromatic heterocycles. The molecule has 114 valence electrons. The summed E-state index contributed by atoms with van der Waals surface area (Å²) in [6.45, 7) is 3.98. The van der Waals surface area contributed by atoms with E-state index in [9.17, 15) is 9.90 Å². The molecule has 0 saturated heterocycles. The highest BCUT2D eigenvalue weighted by Crippen LogP contribution is 2.15. The summed E-state index contributed by atoms with van der Waals surface area (Å²) in [6, 6.07) is 3.54. The fourth-order valence-corrected chi connectivity index (χ4v) is 2.27. The summed E-state index contributed by atoms with van der Waals surface area (Å²) in [5.41, 5.74) is 0.496. The molecule has 0 fully saturated rings. The van der Waals surface area contributed by atoms with Crippen LogP contribution in [0, 0.1) is 5.92 Å². The van der Waals surface area contributed by atoms with Crippen LogP contribution in [-0.2, 0) is 7.05 Å². The zero-order valence-corrected chi connectivity index (χ0v) is 12.7. The Morgan fingerprint density at radius 1 is 1.43 bits per heavy atom. The van der Waals surface area contributed by atoms with Crippen molar-refractivity contribution in [2.24, 2.45) is 13.0 Å². The minimum absolute atomic E-state index is 0.0696. The quantitative estimate of drug-likeness (QED) is 0.843. The van der Waals surface area contributed by atoms with Crippen molar-refractivity contribution in [1.29, 1.82) is 0 Å². The lowest BCUT2D eigenvalue weighted by molar-refractivity contribution is 0.0891. The number of nitrogens with one attached hydrogen (secondary N) is 1. The lowest BCUT2D eigenvalue weighted by atomic mass is 9.99. The molecule has 6 nitrogen and oxygen atoms in total. The normalized spacial score (nSPS) is 13.9. The molecule has 0 radical (unpaired) electrons. The summed E-state index contributed by atoms with van der Waals surface area (Å²) < 4.78 is 3.51. The topological polar surface area (TPSA) is 72.1 Å². The van der Waals surface area contributed by atoms with Crippen molar-refractivity contribution in [3.05, 3.63) is 36.3 Å². The zero-order valence-electron chi connectivity index (χ0n) is 12.7. The molecule has 2 atom stereocenters. The highest BCUT2D eigenvalue weighted by Gasteiger charge is 2.22. The molecule has 0 unspecified atom stereocenters. The molecule has 6 heteroatoms. The van der Waals surface area contributed by atoms with Crippen LogP contribution in [0.25, 0.3) is 5.82 Å². The molecule has 0 saturated carbocycles. The Hall–Kier alpha value is -2.08. The van der Waals surface area contributed by atoms with Crippen LogP contribution in [0.4, 0.5) is 0 Å². The Balaban J connectivity index is 2.24. The lowest BCUT2D eigenvalue weighted by Gasteiger charge is -2.22. The van der Waals surface area contributed by atoms with Crippen LogP contribution in [0.1, 0.15) is 30.6 Å². The number of rotatable bonds is 6. The van der Waals surface area contributed by atoms with Crippen LogP contribution >= 0.6 is 0 Å². The Morgan fingerprint density at radius 3 is 2.67 bits per heavy atom. The first-order valence-electron chi connectivity index (χ1n) is 7.15. The maximum Gasteiger partial charge on any atom is 0.257 e. The molecule has 0 aromatic carbocycles. The number of aromatic nitrogens is 3.